The van der Waals surface area contributed by atoms with Crippen LogP contribution in [0.5, 0.6) is 0 Å². The Morgan fingerprint density at radius 1 is 1.33 bits per heavy atom. The number of fused-ring (bicyclic) bond motifs is 2. The summed E-state index contributed by atoms with van der Waals surface area (Å²) in [5.74, 6) is 0.372. The third-order valence-electron chi connectivity index (χ3n) is 5.60. The minimum Gasteiger partial charge on any atom is -0.337 e. The van der Waals surface area contributed by atoms with Crippen molar-refractivity contribution in [3.8, 4) is 22.0 Å². The van der Waals surface area contributed by atoms with Gasteiger partial charge in [-0.1, -0.05) is 13.8 Å². The second kappa shape index (κ2) is 7.02. The molecule has 0 unspecified atom stereocenters. The fourth-order valence-electron chi connectivity index (χ4n) is 4.09. The van der Waals surface area contributed by atoms with E-state index in [0.717, 1.165) is 62.3 Å². The van der Waals surface area contributed by atoms with Crippen molar-refractivity contribution in [1.82, 2.24) is 34.7 Å². The van der Waals surface area contributed by atoms with Crippen molar-refractivity contribution in [2.24, 2.45) is 0 Å². The zero-order valence-corrected chi connectivity index (χ0v) is 18.2. The van der Waals surface area contributed by atoms with E-state index < -0.39 is 0 Å². The molecule has 1 aliphatic rings. The number of carbonyl (C=O) groups excluding carboxylic acids is 1. The smallest absolute Gasteiger partial charge is 0.219 e. The largest absolute Gasteiger partial charge is 0.337 e. The van der Waals surface area contributed by atoms with Gasteiger partial charge in [-0.2, -0.15) is 10.2 Å². The molecule has 5 rings (SSSR count). The van der Waals surface area contributed by atoms with Crippen LogP contribution in [0, 0.1) is 6.92 Å². The molecule has 1 amide bonds. The van der Waals surface area contributed by atoms with Crippen molar-refractivity contribution in [2.45, 2.75) is 46.6 Å². The number of rotatable bonds is 3. The molecule has 8 nitrogen and oxygen atoms in total. The van der Waals surface area contributed by atoms with Gasteiger partial charge in [0, 0.05) is 42.1 Å². The van der Waals surface area contributed by atoms with Crippen molar-refractivity contribution >= 4 is 22.9 Å². The molecular weight excluding hydrogens is 398 g/mol. The number of nitrogens with one attached hydrogen (secondary N) is 1. The molecule has 4 aromatic rings. The van der Waals surface area contributed by atoms with Gasteiger partial charge in [0.25, 0.3) is 0 Å². The van der Waals surface area contributed by atoms with Gasteiger partial charge in [-0.15, -0.1) is 11.3 Å². The topological polar surface area (TPSA) is 92.1 Å². The maximum absolute atomic E-state index is 11.8. The van der Waals surface area contributed by atoms with Crippen molar-refractivity contribution in [1.29, 1.82) is 0 Å². The van der Waals surface area contributed by atoms with Gasteiger partial charge >= 0.3 is 0 Å². The highest BCUT2D eigenvalue weighted by molar-refractivity contribution is 7.15. The number of carbonyl (C=O) groups is 1. The first-order valence-electron chi connectivity index (χ1n) is 10.1. The Balaban J connectivity index is 1.60. The van der Waals surface area contributed by atoms with E-state index in [1.807, 2.05) is 18.0 Å². The van der Waals surface area contributed by atoms with E-state index in [2.05, 4.69) is 40.2 Å². The summed E-state index contributed by atoms with van der Waals surface area (Å²) in [5.41, 5.74) is 7.02. The normalized spacial score (nSPS) is 14.0. The van der Waals surface area contributed by atoms with Crippen LogP contribution in [0.15, 0.2) is 18.6 Å². The second-order valence-corrected chi connectivity index (χ2v) is 9.12. The molecule has 0 aliphatic carbocycles. The fourth-order valence-corrected chi connectivity index (χ4v) is 5.22. The maximum atomic E-state index is 11.8. The Morgan fingerprint density at radius 2 is 2.17 bits per heavy atom. The van der Waals surface area contributed by atoms with Gasteiger partial charge in [-0.25, -0.2) is 14.5 Å². The molecule has 0 aromatic carbocycles. The second-order valence-electron chi connectivity index (χ2n) is 8.04. The number of pyridine rings is 1. The highest BCUT2D eigenvalue weighted by Gasteiger charge is 2.26. The molecule has 0 radical (unpaired) electrons. The molecule has 5 heterocycles. The van der Waals surface area contributed by atoms with Crippen LogP contribution >= 0.6 is 11.3 Å². The number of H-pyrrole nitrogens is 1. The lowest BCUT2D eigenvalue weighted by Gasteiger charge is -2.24. The van der Waals surface area contributed by atoms with E-state index in [0.29, 0.717) is 6.54 Å². The maximum Gasteiger partial charge on any atom is 0.219 e. The summed E-state index contributed by atoms with van der Waals surface area (Å²) in [6.07, 6.45) is 4.33. The SMILES string of the molecule is CC(=O)N1CCc2nc(-c3[nH]nc(-c4cc(C)c5ncnn5c4)c3C(C)C)sc2C1. The summed E-state index contributed by atoms with van der Waals surface area (Å²) in [5, 5.41) is 13.2. The van der Waals surface area contributed by atoms with Gasteiger partial charge in [0.1, 0.15) is 11.3 Å². The Hall–Kier alpha value is -3.07. The summed E-state index contributed by atoms with van der Waals surface area (Å²) >= 11 is 1.65. The monoisotopic (exact) mass is 421 g/mol. The molecule has 0 fully saturated rings. The lowest BCUT2D eigenvalue weighted by atomic mass is 9.97. The molecule has 4 aromatic heterocycles. The van der Waals surface area contributed by atoms with Gasteiger partial charge in [0.05, 0.1) is 23.6 Å². The van der Waals surface area contributed by atoms with Crippen LogP contribution in [0.3, 0.4) is 0 Å². The summed E-state index contributed by atoms with van der Waals surface area (Å²) < 4.78 is 1.79. The summed E-state index contributed by atoms with van der Waals surface area (Å²) in [4.78, 5) is 24.0. The van der Waals surface area contributed by atoms with E-state index in [4.69, 9.17) is 4.98 Å². The lowest BCUT2D eigenvalue weighted by Crippen LogP contribution is -2.33. The Morgan fingerprint density at radius 3 is 2.93 bits per heavy atom. The number of aromatic amines is 1. The Labute approximate surface area is 178 Å². The standard InChI is InChI=1S/C21H23N7OS/c1-11(2)17-18(14-7-12(3)20-22-10-23-28(20)8-14)25-26-19(17)21-24-15-5-6-27(13(4)29)9-16(15)30-21/h7-8,10-11H,5-6,9H2,1-4H3,(H,25,26). The van der Waals surface area contributed by atoms with E-state index in [9.17, 15) is 4.79 Å². The highest BCUT2D eigenvalue weighted by atomic mass is 32.1. The molecule has 0 bridgehead atoms. The predicted molar refractivity (Wildman–Crippen MR) is 115 cm³/mol. The summed E-state index contributed by atoms with van der Waals surface area (Å²) in [7, 11) is 0. The average molecular weight is 422 g/mol. The number of amides is 1. The zero-order valence-electron chi connectivity index (χ0n) is 17.4. The van der Waals surface area contributed by atoms with E-state index in [-0.39, 0.29) is 11.8 Å². The summed E-state index contributed by atoms with van der Waals surface area (Å²) in [6.45, 7) is 9.37. The summed E-state index contributed by atoms with van der Waals surface area (Å²) in [6, 6.07) is 2.10. The van der Waals surface area contributed by atoms with Gasteiger partial charge in [-0.3, -0.25) is 9.89 Å². The molecule has 1 N–H and O–H groups in total. The third-order valence-corrected chi connectivity index (χ3v) is 6.70. The average Bonchev–Trinajstić information content (AvgIpc) is 3.43. The van der Waals surface area contributed by atoms with Crippen LogP contribution in [0.2, 0.25) is 0 Å². The molecule has 0 atom stereocenters. The van der Waals surface area contributed by atoms with E-state index in [1.165, 1.54) is 0 Å². The van der Waals surface area contributed by atoms with Gasteiger partial charge in [-0.05, 0) is 24.5 Å². The van der Waals surface area contributed by atoms with Crippen LogP contribution in [0.1, 0.15) is 48.4 Å². The van der Waals surface area contributed by atoms with Crippen molar-refractivity contribution in [3.05, 3.63) is 40.3 Å². The van der Waals surface area contributed by atoms with Gasteiger partial charge in [0.2, 0.25) is 5.91 Å². The predicted octanol–water partition coefficient (Wildman–Crippen LogP) is 3.58. The lowest BCUT2D eigenvalue weighted by molar-refractivity contribution is -0.129. The molecular formula is C21H23N7OS. The third kappa shape index (κ3) is 3.00. The zero-order chi connectivity index (χ0) is 21.0. The van der Waals surface area contributed by atoms with Crippen LogP contribution in [-0.4, -0.2) is 47.1 Å². The van der Waals surface area contributed by atoms with E-state index >= 15 is 0 Å². The number of thiazole rings is 1. The molecule has 1 aliphatic heterocycles. The number of nitrogens with zero attached hydrogens (tertiary/aromatic N) is 6. The van der Waals surface area contributed by atoms with Gasteiger partial charge < -0.3 is 4.90 Å². The molecule has 0 saturated carbocycles. The Kier molecular flexibility index (Phi) is 4.43. The minimum absolute atomic E-state index is 0.112. The molecule has 30 heavy (non-hydrogen) atoms. The van der Waals surface area contributed by atoms with Crippen molar-refractivity contribution in [2.75, 3.05) is 6.54 Å². The first kappa shape index (κ1) is 18.9. The van der Waals surface area contributed by atoms with E-state index in [1.54, 1.807) is 29.1 Å². The fraction of sp³-hybridized carbons (Fsp3) is 0.381. The van der Waals surface area contributed by atoms with Crippen LogP contribution < -0.4 is 0 Å². The Bertz CT molecular complexity index is 1270. The first-order valence-corrected chi connectivity index (χ1v) is 10.9. The molecule has 154 valence electrons. The number of aromatic nitrogens is 6. The van der Waals surface area contributed by atoms with Crippen molar-refractivity contribution < 1.29 is 4.79 Å². The molecule has 0 saturated heterocycles. The van der Waals surface area contributed by atoms with Crippen LogP contribution in [0.25, 0.3) is 27.6 Å². The number of hydrogen-bond donors (Lipinski definition) is 1. The van der Waals surface area contributed by atoms with Crippen LogP contribution in [0.4, 0.5) is 0 Å². The molecule has 9 heteroatoms. The minimum atomic E-state index is 0.112. The van der Waals surface area contributed by atoms with Crippen molar-refractivity contribution in [3.63, 3.8) is 0 Å². The first-order chi connectivity index (χ1) is 14.4. The number of aryl methyl sites for hydroxylation is 1. The van der Waals surface area contributed by atoms with Crippen LogP contribution in [-0.2, 0) is 17.8 Å². The molecule has 0 spiro atoms. The number of hydrogen-bond acceptors (Lipinski definition) is 6. The highest BCUT2D eigenvalue weighted by Crippen LogP contribution is 2.39. The van der Waals surface area contributed by atoms with Gasteiger partial charge in [0.15, 0.2) is 5.65 Å². The quantitative estimate of drug-likeness (QED) is 0.546.